The van der Waals surface area contributed by atoms with Crippen LogP contribution in [0.5, 0.6) is 5.75 Å². The Kier molecular flexibility index (Phi) is 7.59. The smallest absolute Gasteiger partial charge is 0.262 e. The topological polar surface area (TPSA) is 79.8 Å². The van der Waals surface area contributed by atoms with Crippen LogP contribution in [-0.2, 0) is 4.79 Å². The number of nitrogens with zero attached hydrogens (tertiary/aromatic N) is 1. The Morgan fingerprint density at radius 3 is 2.70 bits per heavy atom. The maximum atomic E-state index is 12.2. The molecule has 0 radical (unpaired) electrons. The number of ether oxygens (including phenoxy) is 1. The van der Waals surface area contributed by atoms with Crippen LogP contribution in [0.2, 0.25) is 0 Å². The Labute approximate surface area is 166 Å². The SMILES string of the molecule is C#CCOc1ccccc1C=NNC(=O)C(C)NC(=O)c1ccccc1Br. The van der Waals surface area contributed by atoms with Gasteiger partial charge in [0.25, 0.3) is 11.8 Å². The highest BCUT2D eigenvalue weighted by molar-refractivity contribution is 9.10. The minimum absolute atomic E-state index is 0.134. The Hall–Kier alpha value is -3.11. The maximum absolute atomic E-state index is 12.2. The summed E-state index contributed by atoms with van der Waals surface area (Å²) in [4.78, 5) is 24.4. The van der Waals surface area contributed by atoms with Crippen molar-refractivity contribution < 1.29 is 14.3 Å². The van der Waals surface area contributed by atoms with Gasteiger partial charge >= 0.3 is 0 Å². The van der Waals surface area contributed by atoms with E-state index in [4.69, 9.17) is 11.2 Å². The molecule has 0 bridgehead atoms. The van der Waals surface area contributed by atoms with Crippen LogP contribution in [0.3, 0.4) is 0 Å². The highest BCUT2D eigenvalue weighted by atomic mass is 79.9. The molecule has 2 aromatic carbocycles. The summed E-state index contributed by atoms with van der Waals surface area (Å²) in [5.41, 5.74) is 3.50. The van der Waals surface area contributed by atoms with Crippen LogP contribution in [0.15, 0.2) is 58.1 Å². The monoisotopic (exact) mass is 427 g/mol. The molecule has 0 fully saturated rings. The molecule has 2 rings (SSSR count). The van der Waals surface area contributed by atoms with E-state index in [0.717, 1.165) is 0 Å². The zero-order valence-electron chi connectivity index (χ0n) is 14.6. The van der Waals surface area contributed by atoms with Crippen LogP contribution in [0.1, 0.15) is 22.8 Å². The van der Waals surface area contributed by atoms with Crippen molar-refractivity contribution in [1.82, 2.24) is 10.7 Å². The lowest BCUT2D eigenvalue weighted by molar-refractivity contribution is -0.122. The van der Waals surface area contributed by atoms with Gasteiger partial charge in [-0.05, 0) is 47.1 Å². The summed E-state index contributed by atoms with van der Waals surface area (Å²) in [6.07, 6.45) is 6.64. The molecule has 1 atom stereocenters. The molecule has 7 heteroatoms. The Morgan fingerprint density at radius 2 is 1.96 bits per heavy atom. The van der Waals surface area contributed by atoms with Gasteiger partial charge in [-0.1, -0.05) is 30.2 Å². The van der Waals surface area contributed by atoms with E-state index >= 15 is 0 Å². The van der Waals surface area contributed by atoms with Crippen molar-refractivity contribution in [3.63, 3.8) is 0 Å². The fourth-order valence-electron chi connectivity index (χ4n) is 2.09. The van der Waals surface area contributed by atoms with Gasteiger partial charge in [0, 0.05) is 10.0 Å². The second kappa shape index (κ2) is 10.1. The molecule has 0 saturated heterocycles. The number of hydrazone groups is 1. The number of nitrogens with one attached hydrogen (secondary N) is 2. The first-order valence-electron chi connectivity index (χ1n) is 8.06. The van der Waals surface area contributed by atoms with Crippen LogP contribution in [-0.4, -0.2) is 30.7 Å². The largest absolute Gasteiger partial charge is 0.480 e. The third-order valence-corrected chi connectivity index (χ3v) is 4.16. The summed E-state index contributed by atoms with van der Waals surface area (Å²) in [7, 11) is 0. The van der Waals surface area contributed by atoms with Gasteiger partial charge in [-0.2, -0.15) is 5.10 Å². The lowest BCUT2D eigenvalue weighted by Gasteiger charge is -2.13. The molecule has 0 aliphatic heterocycles. The molecule has 0 aromatic heterocycles. The van der Waals surface area contributed by atoms with Crippen molar-refractivity contribution in [3.05, 3.63) is 64.1 Å². The van der Waals surface area contributed by atoms with E-state index in [0.29, 0.717) is 21.3 Å². The Bertz CT molecular complexity index is 890. The van der Waals surface area contributed by atoms with Crippen LogP contribution in [0.4, 0.5) is 0 Å². The lowest BCUT2D eigenvalue weighted by atomic mass is 10.2. The predicted octanol–water partition coefficient (Wildman–Crippen LogP) is 2.73. The number of amides is 2. The van der Waals surface area contributed by atoms with Crippen LogP contribution in [0, 0.1) is 12.3 Å². The number of hydrogen-bond donors (Lipinski definition) is 2. The molecule has 0 saturated carbocycles. The molecular weight excluding hydrogens is 410 g/mol. The average Bonchev–Trinajstić information content (AvgIpc) is 2.67. The summed E-state index contributed by atoms with van der Waals surface area (Å²) < 4.78 is 6.05. The summed E-state index contributed by atoms with van der Waals surface area (Å²) in [6, 6.07) is 13.3. The summed E-state index contributed by atoms with van der Waals surface area (Å²) in [5.74, 6) is 2.14. The quantitative estimate of drug-likeness (QED) is 0.405. The molecule has 138 valence electrons. The van der Waals surface area contributed by atoms with E-state index in [-0.39, 0.29) is 12.5 Å². The summed E-state index contributed by atoms with van der Waals surface area (Å²) in [5, 5.41) is 6.54. The number of para-hydroxylation sites is 1. The highest BCUT2D eigenvalue weighted by Crippen LogP contribution is 2.16. The molecule has 1 unspecified atom stereocenters. The van der Waals surface area contributed by atoms with Crippen molar-refractivity contribution in [2.45, 2.75) is 13.0 Å². The minimum Gasteiger partial charge on any atom is -0.480 e. The fourth-order valence-corrected chi connectivity index (χ4v) is 2.55. The molecule has 2 amide bonds. The van der Waals surface area contributed by atoms with Crippen LogP contribution < -0.4 is 15.5 Å². The Balaban J connectivity index is 1.94. The van der Waals surface area contributed by atoms with E-state index in [1.54, 1.807) is 49.4 Å². The third-order valence-electron chi connectivity index (χ3n) is 3.47. The molecule has 0 aliphatic carbocycles. The van der Waals surface area contributed by atoms with E-state index in [1.165, 1.54) is 6.21 Å². The second-order valence-electron chi connectivity index (χ2n) is 5.44. The fraction of sp³-hybridized carbons (Fsp3) is 0.150. The molecule has 6 nitrogen and oxygen atoms in total. The first kappa shape index (κ1) is 20.2. The number of halogens is 1. The molecule has 0 spiro atoms. The minimum atomic E-state index is -0.769. The zero-order chi connectivity index (χ0) is 19.6. The van der Waals surface area contributed by atoms with E-state index in [9.17, 15) is 9.59 Å². The summed E-state index contributed by atoms with van der Waals surface area (Å²) >= 11 is 3.31. The van der Waals surface area contributed by atoms with Crippen LogP contribution >= 0.6 is 15.9 Å². The van der Waals surface area contributed by atoms with Gasteiger partial charge in [-0.3, -0.25) is 9.59 Å². The first-order valence-corrected chi connectivity index (χ1v) is 8.86. The molecule has 0 heterocycles. The van der Waals surface area contributed by atoms with Gasteiger partial charge in [0.1, 0.15) is 18.4 Å². The van der Waals surface area contributed by atoms with E-state index in [1.807, 2.05) is 6.07 Å². The van der Waals surface area contributed by atoms with Crippen molar-refractivity contribution >= 4 is 34.0 Å². The molecule has 27 heavy (non-hydrogen) atoms. The second-order valence-corrected chi connectivity index (χ2v) is 6.29. The van der Waals surface area contributed by atoms with Gasteiger partial charge in [0.05, 0.1) is 11.8 Å². The number of carbonyl (C=O) groups excluding carboxylic acids is 2. The van der Waals surface area contributed by atoms with Gasteiger partial charge in [0.15, 0.2) is 0 Å². The number of benzene rings is 2. The van der Waals surface area contributed by atoms with Crippen LogP contribution in [0.25, 0.3) is 0 Å². The van der Waals surface area contributed by atoms with E-state index in [2.05, 4.69) is 37.7 Å². The molecule has 0 aliphatic rings. The Morgan fingerprint density at radius 1 is 1.26 bits per heavy atom. The predicted molar refractivity (Wildman–Crippen MR) is 108 cm³/mol. The number of carbonyl (C=O) groups is 2. The van der Waals surface area contributed by atoms with Gasteiger partial charge in [-0.15, -0.1) is 6.42 Å². The van der Waals surface area contributed by atoms with Crippen molar-refractivity contribution in [1.29, 1.82) is 0 Å². The number of terminal acetylenes is 1. The number of rotatable bonds is 7. The molecule has 2 aromatic rings. The summed E-state index contributed by atoms with van der Waals surface area (Å²) in [6.45, 7) is 1.71. The van der Waals surface area contributed by atoms with Crippen molar-refractivity contribution in [2.75, 3.05) is 6.61 Å². The molecular formula is C20H18BrN3O3. The normalized spacial score (nSPS) is 11.4. The standard InChI is InChI=1S/C20H18BrN3O3/c1-3-12-27-18-11-7-4-8-15(18)13-22-24-19(25)14(2)23-20(26)16-9-5-6-10-17(16)21/h1,4-11,13-14H,12H2,2H3,(H,23,26)(H,24,25). The maximum Gasteiger partial charge on any atom is 0.262 e. The lowest BCUT2D eigenvalue weighted by Crippen LogP contribution is -2.43. The average molecular weight is 428 g/mol. The molecule has 2 N–H and O–H groups in total. The van der Waals surface area contributed by atoms with Crippen molar-refractivity contribution in [3.8, 4) is 18.1 Å². The highest BCUT2D eigenvalue weighted by Gasteiger charge is 2.17. The third kappa shape index (κ3) is 5.97. The van der Waals surface area contributed by atoms with E-state index < -0.39 is 11.9 Å². The first-order chi connectivity index (χ1) is 13.0. The van der Waals surface area contributed by atoms with Gasteiger partial charge < -0.3 is 10.1 Å². The van der Waals surface area contributed by atoms with Gasteiger partial charge in [0.2, 0.25) is 0 Å². The number of hydrogen-bond acceptors (Lipinski definition) is 4. The van der Waals surface area contributed by atoms with Gasteiger partial charge in [-0.25, -0.2) is 5.43 Å². The van der Waals surface area contributed by atoms with Crippen molar-refractivity contribution in [2.24, 2.45) is 5.10 Å². The zero-order valence-corrected chi connectivity index (χ0v) is 16.2.